The molecular weight excluding hydrogens is 192 g/mol. The molecule has 5 heteroatoms. The molecule has 2 rings (SSSR count). The van der Waals surface area contributed by atoms with Gasteiger partial charge in [-0.1, -0.05) is 12.1 Å². The van der Waals surface area contributed by atoms with Gasteiger partial charge in [0, 0.05) is 26.1 Å². The highest BCUT2D eigenvalue weighted by molar-refractivity contribution is 4.87. The van der Waals surface area contributed by atoms with Crippen molar-refractivity contribution in [1.29, 1.82) is 0 Å². The topological polar surface area (TPSA) is 68.2 Å². The molecule has 0 radical (unpaired) electrons. The van der Waals surface area contributed by atoms with Crippen molar-refractivity contribution in [2.45, 2.75) is 32.9 Å². The summed E-state index contributed by atoms with van der Waals surface area (Å²) in [6, 6.07) is 0.341. The predicted octanol–water partition coefficient (Wildman–Crippen LogP) is 0.547. The quantitative estimate of drug-likeness (QED) is 0.772. The minimum absolute atomic E-state index is 0.341. The number of rotatable bonds is 2. The molecule has 0 aliphatic carbocycles. The monoisotopic (exact) mass is 210 g/mol. The maximum absolute atomic E-state index is 5.96. The van der Waals surface area contributed by atoms with E-state index < -0.39 is 0 Å². The highest BCUT2D eigenvalue weighted by atomic mass is 16.5. The lowest BCUT2D eigenvalue weighted by Gasteiger charge is -2.34. The van der Waals surface area contributed by atoms with Crippen molar-refractivity contribution in [3.63, 3.8) is 0 Å². The van der Waals surface area contributed by atoms with Crippen LogP contribution in [0.4, 0.5) is 0 Å². The number of nitrogens with two attached hydrogens (primary N) is 1. The third-order valence-electron chi connectivity index (χ3n) is 2.99. The minimum Gasteiger partial charge on any atom is -0.340 e. The molecule has 1 fully saturated rings. The first-order chi connectivity index (χ1) is 7.15. The normalized spacial score (nSPS) is 28.2. The zero-order chi connectivity index (χ0) is 10.8. The van der Waals surface area contributed by atoms with Crippen LogP contribution in [-0.4, -0.2) is 34.2 Å². The first kappa shape index (κ1) is 10.6. The zero-order valence-corrected chi connectivity index (χ0v) is 9.31. The molecule has 1 aliphatic rings. The van der Waals surface area contributed by atoms with Gasteiger partial charge in [0.2, 0.25) is 5.89 Å². The lowest BCUT2D eigenvalue weighted by atomic mass is 9.95. The Hall–Kier alpha value is -0.940. The fourth-order valence-corrected chi connectivity index (χ4v) is 2.00. The fraction of sp³-hybridized carbons (Fsp3) is 0.800. The Morgan fingerprint density at radius 1 is 1.60 bits per heavy atom. The summed E-state index contributed by atoms with van der Waals surface area (Å²) < 4.78 is 4.94. The molecule has 1 aliphatic heterocycles. The largest absolute Gasteiger partial charge is 0.340 e. The molecule has 15 heavy (non-hydrogen) atoms. The molecule has 0 aromatic carbocycles. The molecule has 2 N–H and O–H groups in total. The van der Waals surface area contributed by atoms with E-state index in [2.05, 4.69) is 22.0 Å². The van der Waals surface area contributed by atoms with E-state index in [4.69, 9.17) is 10.3 Å². The number of aromatic nitrogens is 2. The van der Waals surface area contributed by atoms with Gasteiger partial charge in [-0.25, -0.2) is 0 Å². The van der Waals surface area contributed by atoms with E-state index in [1.54, 1.807) is 0 Å². The van der Waals surface area contributed by atoms with Crippen LogP contribution >= 0.6 is 0 Å². The van der Waals surface area contributed by atoms with Crippen LogP contribution in [0.15, 0.2) is 4.52 Å². The van der Waals surface area contributed by atoms with E-state index in [1.165, 1.54) is 0 Å². The summed E-state index contributed by atoms with van der Waals surface area (Å²) in [5, 5.41) is 3.89. The van der Waals surface area contributed by atoms with Gasteiger partial charge in [-0.2, -0.15) is 4.98 Å². The SMILES string of the molecule is Cc1nc(CN2CCC(N)C(C)C2)no1. The molecule has 0 amide bonds. The molecule has 1 aromatic heterocycles. The Bertz CT molecular complexity index is 325. The van der Waals surface area contributed by atoms with E-state index in [1.807, 2.05) is 6.92 Å². The lowest BCUT2D eigenvalue weighted by molar-refractivity contribution is 0.153. The molecule has 2 heterocycles. The molecule has 1 aromatic rings. The van der Waals surface area contributed by atoms with Crippen molar-refractivity contribution < 1.29 is 4.52 Å². The van der Waals surface area contributed by atoms with Crippen LogP contribution < -0.4 is 5.73 Å². The summed E-state index contributed by atoms with van der Waals surface area (Å²) in [5.74, 6) is 1.95. The third-order valence-corrected chi connectivity index (χ3v) is 2.99. The van der Waals surface area contributed by atoms with Gasteiger partial charge in [-0.15, -0.1) is 0 Å². The van der Waals surface area contributed by atoms with Gasteiger partial charge in [0.15, 0.2) is 5.82 Å². The Balaban J connectivity index is 1.90. The Morgan fingerprint density at radius 2 is 2.40 bits per heavy atom. The van der Waals surface area contributed by atoms with Crippen LogP contribution in [-0.2, 0) is 6.54 Å². The van der Waals surface area contributed by atoms with Crippen molar-refractivity contribution >= 4 is 0 Å². The third kappa shape index (κ3) is 2.54. The fourth-order valence-electron chi connectivity index (χ4n) is 2.00. The minimum atomic E-state index is 0.341. The van der Waals surface area contributed by atoms with E-state index in [0.29, 0.717) is 17.9 Å². The second kappa shape index (κ2) is 4.28. The maximum atomic E-state index is 5.96. The first-order valence-corrected chi connectivity index (χ1v) is 5.42. The van der Waals surface area contributed by atoms with Gasteiger partial charge in [0.25, 0.3) is 0 Å². The second-order valence-corrected chi connectivity index (χ2v) is 4.39. The first-order valence-electron chi connectivity index (χ1n) is 5.42. The van der Waals surface area contributed by atoms with E-state index in [9.17, 15) is 0 Å². The number of aryl methyl sites for hydroxylation is 1. The van der Waals surface area contributed by atoms with Gasteiger partial charge in [0.05, 0.1) is 6.54 Å². The van der Waals surface area contributed by atoms with Crippen LogP contribution in [0.25, 0.3) is 0 Å². The average molecular weight is 210 g/mol. The number of piperidine rings is 1. The molecule has 5 nitrogen and oxygen atoms in total. The number of likely N-dealkylation sites (tertiary alicyclic amines) is 1. The summed E-state index contributed by atoms with van der Waals surface area (Å²) in [5.41, 5.74) is 5.96. The Kier molecular flexibility index (Phi) is 3.02. The van der Waals surface area contributed by atoms with Crippen molar-refractivity contribution in [3.05, 3.63) is 11.7 Å². The maximum Gasteiger partial charge on any atom is 0.223 e. The van der Waals surface area contributed by atoms with Crippen LogP contribution in [0.1, 0.15) is 25.1 Å². The van der Waals surface area contributed by atoms with Crippen LogP contribution in [0.5, 0.6) is 0 Å². The standard InChI is InChI=1S/C10H18N4O/c1-7-5-14(4-3-9(7)11)6-10-12-8(2)15-13-10/h7,9H,3-6,11H2,1-2H3. The van der Waals surface area contributed by atoms with Crippen molar-refractivity contribution in [3.8, 4) is 0 Å². The van der Waals surface area contributed by atoms with Crippen molar-refractivity contribution in [1.82, 2.24) is 15.0 Å². The summed E-state index contributed by atoms with van der Waals surface area (Å²) >= 11 is 0. The molecular formula is C10H18N4O. The van der Waals surface area contributed by atoms with Crippen LogP contribution in [0.2, 0.25) is 0 Å². The second-order valence-electron chi connectivity index (χ2n) is 4.39. The molecule has 0 bridgehead atoms. The van der Waals surface area contributed by atoms with Crippen LogP contribution in [0.3, 0.4) is 0 Å². The molecule has 84 valence electrons. The van der Waals surface area contributed by atoms with Gasteiger partial charge in [-0.3, -0.25) is 4.90 Å². The van der Waals surface area contributed by atoms with Crippen molar-refractivity contribution in [2.24, 2.45) is 11.7 Å². The molecule has 2 atom stereocenters. The average Bonchev–Trinajstić information content (AvgIpc) is 2.58. The lowest BCUT2D eigenvalue weighted by Crippen LogP contribution is -2.45. The van der Waals surface area contributed by atoms with E-state index in [0.717, 1.165) is 31.9 Å². The van der Waals surface area contributed by atoms with Crippen LogP contribution in [0, 0.1) is 12.8 Å². The van der Waals surface area contributed by atoms with E-state index >= 15 is 0 Å². The Morgan fingerprint density at radius 3 is 3.00 bits per heavy atom. The molecule has 0 saturated carbocycles. The summed E-state index contributed by atoms with van der Waals surface area (Å²) in [4.78, 5) is 6.53. The molecule has 0 spiro atoms. The summed E-state index contributed by atoms with van der Waals surface area (Å²) in [6.07, 6.45) is 1.05. The van der Waals surface area contributed by atoms with Gasteiger partial charge in [0.1, 0.15) is 0 Å². The molecule has 2 unspecified atom stereocenters. The van der Waals surface area contributed by atoms with Gasteiger partial charge >= 0.3 is 0 Å². The summed E-state index contributed by atoms with van der Waals surface area (Å²) in [7, 11) is 0. The van der Waals surface area contributed by atoms with E-state index in [-0.39, 0.29) is 0 Å². The highest BCUT2D eigenvalue weighted by Gasteiger charge is 2.23. The van der Waals surface area contributed by atoms with Gasteiger partial charge in [-0.05, 0) is 12.3 Å². The zero-order valence-electron chi connectivity index (χ0n) is 9.31. The Labute approximate surface area is 89.6 Å². The van der Waals surface area contributed by atoms with Gasteiger partial charge < -0.3 is 10.3 Å². The number of hydrogen-bond acceptors (Lipinski definition) is 5. The number of nitrogens with zero attached hydrogens (tertiary/aromatic N) is 3. The molecule has 1 saturated heterocycles. The number of hydrogen-bond donors (Lipinski definition) is 1. The highest BCUT2D eigenvalue weighted by Crippen LogP contribution is 2.16. The summed E-state index contributed by atoms with van der Waals surface area (Å²) in [6.45, 7) is 6.83. The smallest absolute Gasteiger partial charge is 0.223 e. The predicted molar refractivity (Wildman–Crippen MR) is 56.1 cm³/mol. The van der Waals surface area contributed by atoms with Crippen molar-refractivity contribution in [2.75, 3.05) is 13.1 Å².